The number of nitrogens with zero attached hydrogens (tertiary/aromatic N) is 4. The molecule has 2 aliphatic carbocycles. The van der Waals surface area contributed by atoms with Crippen molar-refractivity contribution in [2.75, 3.05) is 39.3 Å². The molecule has 2 fully saturated rings. The maximum absolute atomic E-state index is 12.6. The zero-order valence-electron chi connectivity index (χ0n) is 24.5. The van der Waals surface area contributed by atoms with E-state index in [4.69, 9.17) is 0 Å². The van der Waals surface area contributed by atoms with Gasteiger partial charge in [0.2, 0.25) is 0 Å². The molecule has 2 aliphatic heterocycles. The minimum atomic E-state index is -0.155. The molecule has 0 spiro atoms. The van der Waals surface area contributed by atoms with Gasteiger partial charge in [-0.25, -0.2) is 0 Å². The second kappa shape index (κ2) is 12.9. The monoisotopic (exact) mass is 570 g/mol. The maximum Gasteiger partial charge on any atom is 0.261 e. The third kappa shape index (κ3) is 6.35. The van der Waals surface area contributed by atoms with Crippen molar-refractivity contribution in [1.29, 1.82) is 0 Å². The average Bonchev–Trinajstić information content (AvgIpc) is 3.94. The smallest absolute Gasteiger partial charge is 0.261 e. The number of hydrogen-bond donors (Lipinski definition) is 0. The van der Waals surface area contributed by atoms with Gasteiger partial charge in [0, 0.05) is 38.3 Å². The van der Waals surface area contributed by atoms with E-state index in [1.54, 1.807) is 24.3 Å². The highest BCUT2D eigenvalue weighted by Gasteiger charge is 2.36. The first-order valence-corrected chi connectivity index (χ1v) is 15.9. The SMILES string of the molecule is O=C1c2ccccc2C(=O)N1CCCN(CCCCCCN(CCCN1C(=O)c2ccccc2C1=O)C1CC1)C1CC1. The summed E-state index contributed by atoms with van der Waals surface area (Å²) < 4.78 is 0. The summed E-state index contributed by atoms with van der Waals surface area (Å²) in [4.78, 5) is 58.5. The molecule has 4 amide bonds. The fourth-order valence-electron chi connectivity index (χ4n) is 6.56. The van der Waals surface area contributed by atoms with Gasteiger partial charge in [0.25, 0.3) is 23.6 Å². The summed E-state index contributed by atoms with van der Waals surface area (Å²) in [5.41, 5.74) is 2.13. The van der Waals surface area contributed by atoms with Crippen molar-refractivity contribution in [2.45, 2.75) is 76.3 Å². The van der Waals surface area contributed by atoms with Crippen LogP contribution in [-0.2, 0) is 0 Å². The molecule has 0 N–H and O–H groups in total. The normalized spacial score (nSPS) is 18.1. The van der Waals surface area contributed by atoms with Crippen LogP contribution < -0.4 is 0 Å². The molecule has 0 unspecified atom stereocenters. The molecule has 4 aliphatic rings. The predicted octanol–water partition coefficient (Wildman–Crippen LogP) is 4.85. The van der Waals surface area contributed by atoms with Crippen LogP contribution in [0.25, 0.3) is 0 Å². The summed E-state index contributed by atoms with van der Waals surface area (Å²) in [7, 11) is 0. The standard InChI is InChI=1S/C34H42N4O4/c39-31-27-11-3-4-12-28(27)32(40)37(31)23-9-21-35(25-15-16-25)19-7-1-2-8-20-36(26-17-18-26)22-10-24-38-33(41)29-13-5-6-14-30(29)34(38)42/h3-6,11-14,25-26H,1-2,7-10,15-24H2. The van der Waals surface area contributed by atoms with Crippen LogP contribution in [0.2, 0.25) is 0 Å². The van der Waals surface area contributed by atoms with E-state index in [1.807, 2.05) is 24.3 Å². The topological polar surface area (TPSA) is 81.2 Å². The van der Waals surface area contributed by atoms with E-state index in [1.165, 1.54) is 61.2 Å². The van der Waals surface area contributed by atoms with Gasteiger partial charge >= 0.3 is 0 Å². The lowest BCUT2D eigenvalue weighted by Crippen LogP contribution is -2.35. The summed E-state index contributed by atoms with van der Waals surface area (Å²) in [5, 5.41) is 0. The van der Waals surface area contributed by atoms with E-state index in [2.05, 4.69) is 9.80 Å². The molecule has 0 bridgehead atoms. The Morgan fingerprint density at radius 2 is 0.786 bits per heavy atom. The Kier molecular flexibility index (Phi) is 8.81. The Labute approximate surface area is 248 Å². The van der Waals surface area contributed by atoms with Crippen molar-refractivity contribution in [2.24, 2.45) is 0 Å². The molecule has 42 heavy (non-hydrogen) atoms. The molecule has 222 valence electrons. The third-order valence-electron chi connectivity index (χ3n) is 9.18. The number of amides is 4. The van der Waals surface area contributed by atoms with E-state index < -0.39 is 0 Å². The highest BCUT2D eigenvalue weighted by Crippen LogP contribution is 2.30. The number of rotatable bonds is 17. The Morgan fingerprint density at radius 3 is 1.10 bits per heavy atom. The molecule has 2 aromatic carbocycles. The zero-order valence-corrected chi connectivity index (χ0v) is 24.5. The second-order valence-electron chi connectivity index (χ2n) is 12.3. The van der Waals surface area contributed by atoms with Crippen LogP contribution >= 0.6 is 0 Å². The molecule has 0 radical (unpaired) electrons. The minimum Gasteiger partial charge on any atom is -0.300 e. The molecular weight excluding hydrogens is 528 g/mol. The van der Waals surface area contributed by atoms with E-state index >= 15 is 0 Å². The molecule has 2 aromatic rings. The fourth-order valence-corrected chi connectivity index (χ4v) is 6.56. The first-order chi connectivity index (χ1) is 20.5. The highest BCUT2D eigenvalue weighted by atomic mass is 16.2. The van der Waals surface area contributed by atoms with E-state index in [0.29, 0.717) is 47.4 Å². The molecule has 6 rings (SSSR count). The molecule has 8 nitrogen and oxygen atoms in total. The maximum atomic E-state index is 12.6. The quantitative estimate of drug-likeness (QED) is 0.200. The van der Waals surface area contributed by atoms with Gasteiger partial charge in [0.15, 0.2) is 0 Å². The fraction of sp³-hybridized carbons (Fsp3) is 0.529. The molecule has 2 heterocycles. The molecule has 8 heteroatoms. The van der Waals surface area contributed by atoms with Crippen LogP contribution in [0.1, 0.15) is 106 Å². The van der Waals surface area contributed by atoms with Gasteiger partial charge in [0.1, 0.15) is 0 Å². The second-order valence-corrected chi connectivity index (χ2v) is 12.3. The molecule has 0 saturated heterocycles. The summed E-state index contributed by atoms with van der Waals surface area (Å²) in [5.74, 6) is -0.621. The Morgan fingerprint density at radius 1 is 0.476 bits per heavy atom. The zero-order chi connectivity index (χ0) is 29.1. The van der Waals surface area contributed by atoms with Crippen molar-refractivity contribution in [3.8, 4) is 0 Å². The van der Waals surface area contributed by atoms with E-state index in [-0.39, 0.29) is 23.6 Å². The van der Waals surface area contributed by atoms with E-state index in [9.17, 15) is 19.2 Å². The molecule has 0 aromatic heterocycles. The number of imide groups is 2. The van der Waals surface area contributed by atoms with Crippen molar-refractivity contribution >= 4 is 23.6 Å². The van der Waals surface area contributed by atoms with Crippen LogP contribution in [0.4, 0.5) is 0 Å². The van der Waals surface area contributed by atoms with Gasteiger partial charge in [-0.3, -0.25) is 29.0 Å². The largest absolute Gasteiger partial charge is 0.300 e. The van der Waals surface area contributed by atoms with Crippen LogP contribution in [0, 0.1) is 0 Å². The molecular formula is C34H42N4O4. The van der Waals surface area contributed by atoms with Crippen LogP contribution in [-0.4, -0.2) is 94.6 Å². The van der Waals surface area contributed by atoms with Crippen LogP contribution in [0.15, 0.2) is 48.5 Å². The summed E-state index contributed by atoms with van der Waals surface area (Å²) >= 11 is 0. The average molecular weight is 571 g/mol. The van der Waals surface area contributed by atoms with Crippen LogP contribution in [0.3, 0.4) is 0 Å². The Bertz CT molecular complexity index is 1160. The molecule has 2 saturated carbocycles. The van der Waals surface area contributed by atoms with Gasteiger partial charge in [-0.05, 0) is 88.7 Å². The Balaban J connectivity index is 0.862. The first kappa shape index (κ1) is 28.7. The van der Waals surface area contributed by atoms with E-state index in [0.717, 1.165) is 39.0 Å². The Hall–Kier alpha value is -3.36. The van der Waals surface area contributed by atoms with Gasteiger partial charge in [-0.2, -0.15) is 0 Å². The number of carbonyl (C=O) groups is 4. The lowest BCUT2D eigenvalue weighted by atomic mass is 10.1. The third-order valence-corrected chi connectivity index (χ3v) is 9.18. The predicted molar refractivity (Wildman–Crippen MR) is 161 cm³/mol. The van der Waals surface area contributed by atoms with Crippen molar-refractivity contribution < 1.29 is 19.2 Å². The van der Waals surface area contributed by atoms with Gasteiger partial charge < -0.3 is 9.80 Å². The number of benzene rings is 2. The van der Waals surface area contributed by atoms with Gasteiger partial charge in [-0.15, -0.1) is 0 Å². The van der Waals surface area contributed by atoms with Gasteiger partial charge in [-0.1, -0.05) is 37.1 Å². The highest BCUT2D eigenvalue weighted by molar-refractivity contribution is 6.22. The number of unbranched alkanes of at least 4 members (excludes halogenated alkanes) is 3. The summed E-state index contributed by atoms with van der Waals surface area (Å²) in [6.45, 7) is 5.00. The summed E-state index contributed by atoms with van der Waals surface area (Å²) in [6, 6.07) is 15.6. The summed E-state index contributed by atoms with van der Waals surface area (Å²) in [6.07, 6.45) is 11.4. The first-order valence-electron chi connectivity index (χ1n) is 15.9. The van der Waals surface area contributed by atoms with Crippen molar-refractivity contribution in [3.05, 3.63) is 70.8 Å². The molecule has 0 atom stereocenters. The number of fused-ring (bicyclic) bond motifs is 2. The number of carbonyl (C=O) groups excluding carboxylic acids is 4. The van der Waals surface area contributed by atoms with Crippen molar-refractivity contribution in [1.82, 2.24) is 19.6 Å². The van der Waals surface area contributed by atoms with Gasteiger partial charge in [0.05, 0.1) is 22.3 Å². The lowest BCUT2D eigenvalue weighted by molar-refractivity contribution is 0.0631. The number of hydrogen-bond acceptors (Lipinski definition) is 6. The lowest BCUT2D eigenvalue weighted by Gasteiger charge is -2.24. The van der Waals surface area contributed by atoms with Crippen LogP contribution in [0.5, 0.6) is 0 Å². The minimum absolute atomic E-state index is 0.155. The van der Waals surface area contributed by atoms with Crippen molar-refractivity contribution in [3.63, 3.8) is 0 Å².